The smallest absolute Gasteiger partial charge is 0.339 e. The molecule has 13 heteroatoms. The van der Waals surface area contributed by atoms with Gasteiger partial charge < -0.3 is 9.47 Å². The fourth-order valence-corrected chi connectivity index (χ4v) is 4.07. The Morgan fingerprint density at radius 1 is 1.15 bits per heavy atom. The molecule has 1 saturated heterocycles. The van der Waals surface area contributed by atoms with Crippen molar-refractivity contribution in [1.29, 1.82) is 0 Å². The number of para-hydroxylation sites is 1. The number of nitro groups is 2. The molecule has 2 aromatic rings. The first-order chi connectivity index (χ1) is 15.7. The summed E-state index contributed by atoms with van der Waals surface area (Å²) in [6, 6.07) is 8.54. The zero-order valence-corrected chi connectivity index (χ0v) is 17.4. The average molecular weight is 458 g/mol. The van der Waals surface area contributed by atoms with Crippen LogP contribution in [0, 0.1) is 20.2 Å². The van der Waals surface area contributed by atoms with Crippen LogP contribution in [-0.2, 0) is 24.7 Å². The highest BCUT2D eigenvalue weighted by atomic mass is 16.7. The summed E-state index contributed by atoms with van der Waals surface area (Å²) in [5, 5.41) is 26.8. The number of benzene rings is 2. The predicted octanol–water partition coefficient (Wildman–Crippen LogP) is 1.80. The number of non-ortho nitro benzene ring substituents is 2. The van der Waals surface area contributed by atoms with E-state index >= 15 is 0 Å². The van der Waals surface area contributed by atoms with Crippen LogP contribution in [0.15, 0.2) is 42.5 Å². The number of nitrogens with one attached hydrogen (secondary N) is 1. The fourth-order valence-electron chi connectivity index (χ4n) is 4.07. The molecule has 1 fully saturated rings. The van der Waals surface area contributed by atoms with Gasteiger partial charge in [-0.3, -0.25) is 40.2 Å². The molecule has 0 spiro atoms. The van der Waals surface area contributed by atoms with Crippen molar-refractivity contribution in [2.45, 2.75) is 24.3 Å². The van der Waals surface area contributed by atoms with Gasteiger partial charge in [-0.25, -0.2) is 4.79 Å². The van der Waals surface area contributed by atoms with Crippen molar-refractivity contribution in [3.05, 3.63) is 73.8 Å². The molecule has 2 aromatic carbocycles. The molecule has 2 aliphatic heterocycles. The van der Waals surface area contributed by atoms with Crippen LogP contribution in [0.2, 0.25) is 0 Å². The maximum atomic E-state index is 13.2. The number of fused-ring (bicyclic) bond motifs is 3. The number of carbonyl (C=O) groups is 2. The lowest BCUT2D eigenvalue weighted by molar-refractivity contribution is -0.394. The van der Waals surface area contributed by atoms with Crippen molar-refractivity contribution in [3.8, 4) is 0 Å². The number of hydrogen-bond donors (Lipinski definition) is 1. The molecular weight excluding hydrogens is 440 g/mol. The zero-order valence-electron chi connectivity index (χ0n) is 17.4. The Hall–Kier alpha value is -4.10. The number of nitro benzene ring substituents is 2. The number of anilines is 1. The van der Waals surface area contributed by atoms with Gasteiger partial charge in [0.15, 0.2) is 11.8 Å². The molecule has 0 bridgehead atoms. The molecule has 2 aliphatic rings. The van der Waals surface area contributed by atoms with Gasteiger partial charge >= 0.3 is 11.9 Å². The number of nitrogens with zero attached hydrogens (tertiary/aromatic N) is 3. The average Bonchev–Trinajstić information content (AvgIpc) is 3.17. The van der Waals surface area contributed by atoms with E-state index < -0.39 is 51.0 Å². The monoisotopic (exact) mass is 458 g/mol. The van der Waals surface area contributed by atoms with E-state index in [1.54, 1.807) is 31.3 Å². The second-order valence-corrected chi connectivity index (χ2v) is 7.48. The van der Waals surface area contributed by atoms with Crippen LogP contribution in [0.4, 0.5) is 17.1 Å². The molecule has 0 unspecified atom stereocenters. The van der Waals surface area contributed by atoms with Crippen molar-refractivity contribution >= 4 is 29.0 Å². The molecule has 0 aliphatic carbocycles. The summed E-state index contributed by atoms with van der Waals surface area (Å²) in [5.74, 6) is -1.66. The van der Waals surface area contributed by atoms with Gasteiger partial charge in [-0.15, -0.1) is 0 Å². The molecule has 33 heavy (non-hydrogen) atoms. The molecule has 1 N–H and O–H groups in total. The maximum Gasteiger partial charge on any atom is 0.339 e. The van der Waals surface area contributed by atoms with Gasteiger partial charge in [-0.05, 0) is 6.07 Å². The first-order valence-corrected chi connectivity index (χ1v) is 9.67. The van der Waals surface area contributed by atoms with E-state index in [-0.39, 0.29) is 12.0 Å². The Bertz CT molecular complexity index is 1140. The molecule has 0 amide bonds. The summed E-state index contributed by atoms with van der Waals surface area (Å²) in [7, 11) is 2.86. The number of hydrogen-bond acceptors (Lipinski definition) is 11. The van der Waals surface area contributed by atoms with Crippen molar-refractivity contribution in [3.63, 3.8) is 0 Å². The molecule has 0 radical (unpaired) electrons. The Labute approximate surface area is 186 Å². The molecule has 4 rings (SSSR count). The minimum absolute atomic E-state index is 0.0576. The number of rotatable bonds is 5. The highest BCUT2D eigenvalue weighted by Gasteiger charge is 2.59. The van der Waals surface area contributed by atoms with Gasteiger partial charge in [-0.1, -0.05) is 18.2 Å². The van der Waals surface area contributed by atoms with Crippen molar-refractivity contribution in [1.82, 2.24) is 5.32 Å². The topological polar surface area (TPSA) is 163 Å². The van der Waals surface area contributed by atoms with Crippen LogP contribution in [0.1, 0.15) is 22.3 Å². The van der Waals surface area contributed by atoms with E-state index in [4.69, 9.17) is 14.3 Å². The van der Waals surface area contributed by atoms with Crippen molar-refractivity contribution in [2.75, 3.05) is 19.2 Å². The van der Waals surface area contributed by atoms with E-state index in [2.05, 4.69) is 5.32 Å². The first kappa shape index (κ1) is 22.1. The number of carbonyl (C=O) groups excluding carboxylic acids is 2. The fraction of sp³-hybridized carbons (Fsp3) is 0.300. The van der Waals surface area contributed by atoms with E-state index in [0.29, 0.717) is 11.3 Å². The van der Waals surface area contributed by atoms with Gasteiger partial charge in [-0.2, -0.15) is 0 Å². The molecule has 3 atom stereocenters. The summed E-state index contributed by atoms with van der Waals surface area (Å²) >= 11 is 0. The molecule has 0 saturated carbocycles. The highest BCUT2D eigenvalue weighted by Crippen LogP contribution is 2.48. The number of methoxy groups -OCH3 is 1. The van der Waals surface area contributed by atoms with Crippen molar-refractivity contribution < 1.29 is 33.7 Å². The highest BCUT2D eigenvalue weighted by molar-refractivity contribution is 5.92. The zero-order chi connectivity index (χ0) is 23.9. The summed E-state index contributed by atoms with van der Waals surface area (Å²) in [5.41, 5.74) is -2.08. The van der Waals surface area contributed by atoms with Crippen LogP contribution in [-0.4, -0.2) is 48.2 Å². The van der Waals surface area contributed by atoms with Gasteiger partial charge in [0.25, 0.3) is 11.4 Å². The molecule has 2 heterocycles. The lowest BCUT2D eigenvalue weighted by Gasteiger charge is -2.42. The van der Waals surface area contributed by atoms with E-state index in [1.165, 1.54) is 12.2 Å². The van der Waals surface area contributed by atoms with E-state index in [1.807, 2.05) is 0 Å². The van der Waals surface area contributed by atoms with Crippen LogP contribution < -0.4 is 10.4 Å². The molecular formula is C20H18N4O9. The third-order valence-corrected chi connectivity index (χ3v) is 5.57. The van der Waals surface area contributed by atoms with Gasteiger partial charge in [0.2, 0.25) is 0 Å². The molecule has 0 aromatic heterocycles. The van der Waals surface area contributed by atoms with Gasteiger partial charge in [0.1, 0.15) is 6.04 Å². The Morgan fingerprint density at radius 3 is 2.39 bits per heavy atom. The maximum absolute atomic E-state index is 13.2. The number of hydroxylamine groups is 1. The minimum atomic E-state index is -1.52. The minimum Gasteiger partial charge on any atom is -0.468 e. The van der Waals surface area contributed by atoms with Crippen LogP contribution in [0.3, 0.4) is 0 Å². The normalized spacial score (nSPS) is 23.3. The van der Waals surface area contributed by atoms with E-state index in [9.17, 15) is 29.8 Å². The summed E-state index contributed by atoms with van der Waals surface area (Å²) in [6.45, 7) is 0. The van der Waals surface area contributed by atoms with Crippen LogP contribution in [0.5, 0.6) is 0 Å². The largest absolute Gasteiger partial charge is 0.468 e. The number of esters is 2. The molecule has 172 valence electrons. The third kappa shape index (κ3) is 3.72. The Balaban J connectivity index is 1.79. The number of ether oxygens (including phenoxy) is 2. The SMILES string of the molecule is COC(=O)[C@@H]1C[C@@]2(OC(=O)c3cc([N+](=O)[O-])cc([N+](=O)[O-])c3)c3ccccc3N(C)O[C@H]2N1. The Kier molecular flexibility index (Phi) is 5.43. The second kappa shape index (κ2) is 8.11. The summed E-state index contributed by atoms with van der Waals surface area (Å²) in [6.07, 6.45) is -1.06. The third-order valence-electron chi connectivity index (χ3n) is 5.57. The molecule has 13 nitrogen and oxygen atoms in total. The van der Waals surface area contributed by atoms with E-state index in [0.717, 1.165) is 18.2 Å². The lowest BCUT2D eigenvalue weighted by Crippen LogP contribution is -2.53. The van der Waals surface area contributed by atoms with Crippen LogP contribution in [0.25, 0.3) is 0 Å². The second-order valence-electron chi connectivity index (χ2n) is 7.48. The first-order valence-electron chi connectivity index (χ1n) is 9.67. The quantitative estimate of drug-likeness (QED) is 0.395. The predicted molar refractivity (Wildman–Crippen MR) is 110 cm³/mol. The lowest BCUT2D eigenvalue weighted by atomic mass is 9.87. The van der Waals surface area contributed by atoms with Crippen molar-refractivity contribution in [2.24, 2.45) is 0 Å². The Morgan fingerprint density at radius 2 is 1.79 bits per heavy atom. The van der Waals surface area contributed by atoms with Gasteiger partial charge in [0, 0.05) is 31.2 Å². The standard InChI is InChI=1S/C20H18N4O9/c1-22-16-6-4-3-5-14(16)20(10-15(18(26)31-2)21-19(20)33-22)32-17(25)11-7-12(23(27)28)9-13(8-11)24(29)30/h3-9,15,19,21H,10H2,1-2H3/t15-,19+,20+/m0/s1. The summed E-state index contributed by atoms with van der Waals surface area (Å²) in [4.78, 5) is 52.0. The van der Waals surface area contributed by atoms with Crippen LogP contribution >= 0.6 is 0 Å². The van der Waals surface area contributed by atoms with Gasteiger partial charge in [0.05, 0.1) is 34.3 Å². The summed E-state index contributed by atoms with van der Waals surface area (Å²) < 4.78 is 10.7.